The van der Waals surface area contributed by atoms with Crippen molar-refractivity contribution in [2.75, 3.05) is 13.7 Å². The number of carbonyl (C=O) groups excluding carboxylic acids is 1. The molecule has 1 aliphatic rings. The van der Waals surface area contributed by atoms with Crippen molar-refractivity contribution in [3.63, 3.8) is 0 Å². The van der Waals surface area contributed by atoms with Gasteiger partial charge < -0.3 is 14.2 Å². The summed E-state index contributed by atoms with van der Waals surface area (Å²) in [4.78, 5) is 16.2. The molecule has 0 bridgehead atoms. The average molecular weight is 369 g/mol. The highest BCUT2D eigenvalue weighted by Gasteiger charge is 2.26. The van der Waals surface area contributed by atoms with E-state index in [4.69, 9.17) is 14.2 Å². The molecule has 6 heteroatoms. The highest BCUT2D eigenvalue weighted by atomic mass is 19.1. The lowest BCUT2D eigenvalue weighted by atomic mass is 10.1. The summed E-state index contributed by atoms with van der Waals surface area (Å²) in [6.07, 6.45) is 3.52. The van der Waals surface area contributed by atoms with Crippen LogP contribution in [0.1, 0.15) is 30.9 Å². The van der Waals surface area contributed by atoms with E-state index in [2.05, 4.69) is 11.9 Å². The van der Waals surface area contributed by atoms with Gasteiger partial charge in [0.2, 0.25) is 5.90 Å². The van der Waals surface area contributed by atoms with Crippen LogP contribution in [0.2, 0.25) is 0 Å². The van der Waals surface area contributed by atoms with Crippen LogP contribution in [-0.4, -0.2) is 25.6 Å². The molecule has 0 radical (unpaired) electrons. The summed E-state index contributed by atoms with van der Waals surface area (Å²) in [6, 6.07) is 11.3. The Bertz CT molecular complexity index is 905. The van der Waals surface area contributed by atoms with Crippen molar-refractivity contribution in [3.8, 4) is 11.5 Å². The fourth-order valence-corrected chi connectivity index (χ4v) is 2.54. The van der Waals surface area contributed by atoms with Gasteiger partial charge in [0.25, 0.3) is 0 Å². The molecular weight excluding hydrogens is 349 g/mol. The van der Waals surface area contributed by atoms with Crippen LogP contribution in [0.4, 0.5) is 4.39 Å². The lowest BCUT2D eigenvalue weighted by Crippen LogP contribution is -2.07. The molecule has 0 aromatic heterocycles. The van der Waals surface area contributed by atoms with Crippen LogP contribution in [-0.2, 0) is 9.53 Å². The Kier molecular flexibility index (Phi) is 5.86. The van der Waals surface area contributed by atoms with Crippen molar-refractivity contribution < 1.29 is 23.4 Å². The Morgan fingerprint density at radius 2 is 2.00 bits per heavy atom. The number of halogens is 1. The molecule has 2 aromatic carbocycles. The normalized spacial score (nSPS) is 14.9. The fourth-order valence-electron chi connectivity index (χ4n) is 2.54. The number of rotatable bonds is 7. The Morgan fingerprint density at radius 1 is 1.19 bits per heavy atom. The summed E-state index contributed by atoms with van der Waals surface area (Å²) in [6.45, 7) is 2.66. The molecule has 5 nitrogen and oxygen atoms in total. The van der Waals surface area contributed by atoms with Gasteiger partial charge in [-0.1, -0.05) is 31.5 Å². The second kappa shape index (κ2) is 8.49. The molecule has 0 saturated carbocycles. The van der Waals surface area contributed by atoms with Gasteiger partial charge in [-0.15, -0.1) is 0 Å². The number of hydrogen-bond acceptors (Lipinski definition) is 5. The first kappa shape index (κ1) is 18.6. The second-order valence-electron chi connectivity index (χ2n) is 5.93. The van der Waals surface area contributed by atoms with Gasteiger partial charge in [0.15, 0.2) is 17.2 Å². The minimum atomic E-state index is -0.627. The summed E-state index contributed by atoms with van der Waals surface area (Å²) in [5.74, 6) is 0.0268. The average Bonchev–Trinajstić information content (AvgIpc) is 3.03. The minimum absolute atomic E-state index is 0.0442. The molecule has 0 amide bonds. The number of nitrogens with zero attached hydrogens (tertiary/aromatic N) is 1. The summed E-state index contributed by atoms with van der Waals surface area (Å²) in [5.41, 5.74) is 0.943. The SMILES string of the molecule is CCCCOc1cc(C=C2N=C(c3ccccc3F)OC2=O)ccc1OC. The van der Waals surface area contributed by atoms with E-state index in [1.54, 1.807) is 43.5 Å². The first-order valence-electron chi connectivity index (χ1n) is 8.70. The third kappa shape index (κ3) is 4.34. The van der Waals surface area contributed by atoms with Crippen LogP contribution in [0, 0.1) is 5.82 Å². The summed E-state index contributed by atoms with van der Waals surface area (Å²) >= 11 is 0. The van der Waals surface area contributed by atoms with Crippen molar-refractivity contribution in [1.29, 1.82) is 0 Å². The minimum Gasteiger partial charge on any atom is -0.493 e. The number of carbonyl (C=O) groups is 1. The maximum absolute atomic E-state index is 13.9. The maximum Gasteiger partial charge on any atom is 0.363 e. The Balaban J connectivity index is 1.88. The monoisotopic (exact) mass is 369 g/mol. The molecule has 1 aliphatic heterocycles. The molecule has 2 aromatic rings. The van der Waals surface area contributed by atoms with Gasteiger partial charge in [-0.2, -0.15) is 0 Å². The van der Waals surface area contributed by atoms with Crippen molar-refractivity contribution in [2.24, 2.45) is 4.99 Å². The van der Waals surface area contributed by atoms with Crippen LogP contribution in [0.25, 0.3) is 6.08 Å². The molecule has 0 unspecified atom stereocenters. The zero-order valence-electron chi connectivity index (χ0n) is 15.2. The van der Waals surface area contributed by atoms with Crippen LogP contribution in [0.5, 0.6) is 11.5 Å². The number of esters is 1. The van der Waals surface area contributed by atoms with E-state index in [1.165, 1.54) is 12.1 Å². The third-order valence-electron chi connectivity index (χ3n) is 3.97. The number of methoxy groups -OCH3 is 1. The first-order chi connectivity index (χ1) is 13.1. The predicted molar refractivity (Wildman–Crippen MR) is 100 cm³/mol. The van der Waals surface area contributed by atoms with E-state index in [1.807, 2.05) is 0 Å². The van der Waals surface area contributed by atoms with Crippen molar-refractivity contribution in [2.45, 2.75) is 19.8 Å². The Hall–Kier alpha value is -3.15. The number of hydrogen-bond donors (Lipinski definition) is 0. The first-order valence-corrected chi connectivity index (χ1v) is 8.70. The molecule has 0 aliphatic carbocycles. The molecular formula is C21H20FNO4. The van der Waals surface area contributed by atoms with Gasteiger partial charge in [0, 0.05) is 0 Å². The predicted octanol–water partition coefficient (Wildman–Crippen LogP) is 4.36. The number of unbranched alkanes of at least 4 members (excludes halogenated alkanes) is 1. The zero-order valence-corrected chi connectivity index (χ0v) is 15.2. The quantitative estimate of drug-likeness (QED) is 0.413. The number of aliphatic imine (C=N–C) groups is 1. The van der Waals surface area contributed by atoms with E-state index in [0.717, 1.165) is 12.8 Å². The van der Waals surface area contributed by atoms with Crippen LogP contribution < -0.4 is 9.47 Å². The number of benzene rings is 2. The van der Waals surface area contributed by atoms with Gasteiger partial charge >= 0.3 is 5.97 Å². The van der Waals surface area contributed by atoms with Crippen LogP contribution >= 0.6 is 0 Å². The fraction of sp³-hybridized carbons (Fsp3) is 0.238. The maximum atomic E-state index is 13.9. The molecule has 140 valence electrons. The summed E-state index contributed by atoms with van der Waals surface area (Å²) in [7, 11) is 1.57. The molecule has 0 fully saturated rings. The highest BCUT2D eigenvalue weighted by Crippen LogP contribution is 2.30. The van der Waals surface area contributed by atoms with Crippen molar-refractivity contribution in [3.05, 3.63) is 65.1 Å². The number of ether oxygens (including phenoxy) is 3. The molecule has 0 N–H and O–H groups in total. The summed E-state index contributed by atoms with van der Waals surface area (Å²) in [5, 5.41) is 0. The van der Waals surface area contributed by atoms with E-state index in [0.29, 0.717) is 23.7 Å². The van der Waals surface area contributed by atoms with Gasteiger partial charge in [-0.25, -0.2) is 14.2 Å². The lowest BCUT2D eigenvalue weighted by Gasteiger charge is -2.11. The Labute approximate surface area is 157 Å². The molecule has 27 heavy (non-hydrogen) atoms. The molecule has 1 heterocycles. The van der Waals surface area contributed by atoms with Gasteiger partial charge in [0.05, 0.1) is 19.3 Å². The zero-order chi connectivity index (χ0) is 19.2. The van der Waals surface area contributed by atoms with Gasteiger partial charge in [0.1, 0.15) is 5.82 Å². The van der Waals surface area contributed by atoms with Gasteiger partial charge in [-0.3, -0.25) is 0 Å². The van der Waals surface area contributed by atoms with E-state index < -0.39 is 11.8 Å². The van der Waals surface area contributed by atoms with E-state index in [9.17, 15) is 9.18 Å². The largest absolute Gasteiger partial charge is 0.493 e. The lowest BCUT2D eigenvalue weighted by molar-refractivity contribution is -0.129. The van der Waals surface area contributed by atoms with E-state index >= 15 is 0 Å². The molecule has 0 atom stereocenters. The van der Waals surface area contributed by atoms with Crippen molar-refractivity contribution >= 4 is 17.9 Å². The van der Waals surface area contributed by atoms with Crippen LogP contribution in [0.3, 0.4) is 0 Å². The van der Waals surface area contributed by atoms with Gasteiger partial charge in [-0.05, 0) is 42.3 Å². The molecule has 3 rings (SSSR count). The highest BCUT2D eigenvalue weighted by molar-refractivity contribution is 6.12. The van der Waals surface area contributed by atoms with Crippen LogP contribution in [0.15, 0.2) is 53.2 Å². The van der Waals surface area contributed by atoms with E-state index in [-0.39, 0.29) is 17.2 Å². The molecule has 0 spiro atoms. The Morgan fingerprint density at radius 3 is 2.74 bits per heavy atom. The standard InChI is InChI=1S/C21H20FNO4/c1-3-4-11-26-19-13-14(9-10-18(19)25-2)12-17-21(24)27-20(23-17)15-7-5-6-8-16(15)22/h5-10,12-13H,3-4,11H2,1-2H3. The number of cyclic esters (lactones) is 1. The molecule has 0 saturated heterocycles. The van der Waals surface area contributed by atoms with Crippen molar-refractivity contribution in [1.82, 2.24) is 0 Å². The third-order valence-corrected chi connectivity index (χ3v) is 3.97. The smallest absolute Gasteiger partial charge is 0.363 e. The topological polar surface area (TPSA) is 57.1 Å². The summed E-state index contributed by atoms with van der Waals surface area (Å²) < 4.78 is 30.1. The second-order valence-corrected chi connectivity index (χ2v) is 5.93.